The summed E-state index contributed by atoms with van der Waals surface area (Å²) < 4.78 is 0. The Morgan fingerprint density at radius 1 is 1.15 bits per heavy atom. The molecular formula is C22H32N4O. The Balaban J connectivity index is 1.66. The number of nitrogens with zero attached hydrogens (tertiary/aromatic N) is 3. The molecule has 5 heteroatoms. The first-order chi connectivity index (χ1) is 13.0. The predicted octanol–water partition coefficient (Wildman–Crippen LogP) is 4.24. The molecule has 2 heterocycles. The van der Waals surface area contributed by atoms with Gasteiger partial charge in [-0.25, -0.2) is 0 Å². The second-order valence-corrected chi connectivity index (χ2v) is 7.83. The molecule has 1 amide bonds. The lowest BCUT2D eigenvalue weighted by atomic mass is 10.0. The summed E-state index contributed by atoms with van der Waals surface area (Å²) in [5, 5.41) is 7.27. The lowest BCUT2D eigenvalue weighted by Gasteiger charge is -2.26. The highest BCUT2D eigenvalue weighted by Gasteiger charge is 2.23. The van der Waals surface area contributed by atoms with E-state index in [-0.39, 0.29) is 11.9 Å². The number of hydrogen-bond donors (Lipinski definition) is 1. The summed E-state index contributed by atoms with van der Waals surface area (Å²) in [6.07, 6.45) is 5.30. The van der Waals surface area contributed by atoms with Crippen molar-refractivity contribution in [3.63, 3.8) is 0 Å². The van der Waals surface area contributed by atoms with Gasteiger partial charge in [-0.1, -0.05) is 25.0 Å². The van der Waals surface area contributed by atoms with Crippen LogP contribution in [0, 0.1) is 13.8 Å². The highest BCUT2D eigenvalue weighted by Crippen LogP contribution is 2.25. The van der Waals surface area contributed by atoms with Crippen LogP contribution in [-0.2, 0) is 6.54 Å². The second-order valence-electron chi connectivity index (χ2n) is 7.83. The molecule has 1 aliphatic rings. The molecule has 0 spiro atoms. The topological polar surface area (TPSA) is 52.2 Å². The molecule has 0 unspecified atom stereocenters. The Hall–Kier alpha value is -2.14. The average Bonchev–Trinajstić information content (AvgIpc) is 2.86. The van der Waals surface area contributed by atoms with E-state index < -0.39 is 0 Å². The van der Waals surface area contributed by atoms with Gasteiger partial charge in [-0.15, -0.1) is 0 Å². The molecule has 1 aliphatic heterocycles. The molecule has 0 radical (unpaired) electrons. The molecule has 2 aromatic rings. The SMILES string of the molecule is Cc1n[nH]c(C)c1[C@@H](C)N(C)C(=O)c1ccc(CN2CCCCCC2)cc1. The molecule has 1 N–H and O–H groups in total. The Morgan fingerprint density at radius 3 is 2.33 bits per heavy atom. The predicted molar refractivity (Wildman–Crippen MR) is 109 cm³/mol. The first kappa shape index (κ1) is 19.6. The number of carbonyl (C=O) groups excluding carboxylic acids is 1. The number of H-pyrrole nitrogens is 1. The van der Waals surface area contributed by atoms with Crippen LogP contribution in [0.1, 0.15) is 71.5 Å². The zero-order valence-corrected chi connectivity index (χ0v) is 17.1. The lowest BCUT2D eigenvalue weighted by molar-refractivity contribution is 0.0742. The summed E-state index contributed by atoms with van der Waals surface area (Å²) in [4.78, 5) is 17.3. The molecule has 5 nitrogen and oxygen atoms in total. The van der Waals surface area contributed by atoms with Gasteiger partial charge in [-0.2, -0.15) is 5.10 Å². The van der Waals surface area contributed by atoms with Gasteiger partial charge < -0.3 is 4.90 Å². The molecule has 1 saturated heterocycles. The van der Waals surface area contributed by atoms with Crippen molar-refractivity contribution >= 4 is 5.91 Å². The van der Waals surface area contributed by atoms with Crippen LogP contribution in [0.3, 0.4) is 0 Å². The van der Waals surface area contributed by atoms with Crippen molar-refractivity contribution in [1.82, 2.24) is 20.0 Å². The van der Waals surface area contributed by atoms with E-state index in [0.29, 0.717) is 0 Å². The quantitative estimate of drug-likeness (QED) is 0.859. The van der Waals surface area contributed by atoms with Crippen LogP contribution < -0.4 is 0 Å². The molecule has 0 saturated carbocycles. The van der Waals surface area contributed by atoms with E-state index in [0.717, 1.165) is 29.1 Å². The van der Waals surface area contributed by atoms with Crippen molar-refractivity contribution in [2.75, 3.05) is 20.1 Å². The minimum atomic E-state index is -0.0203. The fourth-order valence-corrected chi connectivity index (χ4v) is 4.05. The second kappa shape index (κ2) is 8.70. The summed E-state index contributed by atoms with van der Waals surface area (Å²) in [5.41, 5.74) is 5.09. The minimum Gasteiger partial charge on any atom is -0.335 e. The monoisotopic (exact) mass is 368 g/mol. The molecule has 1 fully saturated rings. The fourth-order valence-electron chi connectivity index (χ4n) is 4.05. The van der Waals surface area contributed by atoms with Gasteiger partial charge in [0.2, 0.25) is 0 Å². The van der Waals surface area contributed by atoms with E-state index >= 15 is 0 Å². The number of aromatic amines is 1. The van der Waals surface area contributed by atoms with E-state index in [1.54, 1.807) is 4.90 Å². The van der Waals surface area contributed by atoms with Gasteiger partial charge >= 0.3 is 0 Å². The van der Waals surface area contributed by atoms with Gasteiger partial charge in [-0.05, 0) is 64.4 Å². The third kappa shape index (κ3) is 4.59. The van der Waals surface area contributed by atoms with Crippen LogP contribution >= 0.6 is 0 Å². The van der Waals surface area contributed by atoms with Gasteiger partial charge in [0, 0.05) is 30.4 Å². The fraction of sp³-hybridized carbons (Fsp3) is 0.545. The standard InChI is InChI=1S/C22H32N4O/c1-16-21(17(2)24-23-16)18(3)25(4)22(27)20-11-9-19(10-12-20)15-26-13-7-5-6-8-14-26/h9-12,18H,5-8,13-15H2,1-4H3,(H,23,24)/t18-/m1/s1. The van der Waals surface area contributed by atoms with Crippen molar-refractivity contribution in [1.29, 1.82) is 0 Å². The zero-order chi connectivity index (χ0) is 19.4. The molecule has 1 aromatic carbocycles. The van der Waals surface area contributed by atoms with Gasteiger partial charge in [-0.3, -0.25) is 14.8 Å². The number of benzene rings is 1. The van der Waals surface area contributed by atoms with Crippen molar-refractivity contribution in [3.8, 4) is 0 Å². The molecule has 146 valence electrons. The largest absolute Gasteiger partial charge is 0.335 e. The molecule has 27 heavy (non-hydrogen) atoms. The Kier molecular flexibility index (Phi) is 6.32. The van der Waals surface area contributed by atoms with Crippen LogP contribution in [0.25, 0.3) is 0 Å². The Bertz CT molecular complexity index is 738. The highest BCUT2D eigenvalue weighted by atomic mass is 16.2. The first-order valence-corrected chi connectivity index (χ1v) is 10.1. The maximum absolute atomic E-state index is 12.9. The number of likely N-dealkylation sites (tertiary alicyclic amines) is 1. The van der Waals surface area contributed by atoms with Crippen LogP contribution in [0.15, 0.2) is 24.3 Å². The number of amides is 1. The summed E-state index contributed by atoms with van der Waals surface area (Å²) >= 11 is 0. The number of carbonyl (C=O) groups is 1. The number of aryl methyl sites for hydroxylation is 2. The maximum Gasteiger partial charge on any atom is 0.254 e. The minimum absolute atomic E-state index is 0.0203. The molecule has 3 rings (SSSR count). The van der Waals surface area contributed by atoms with Gasteiger partial charge in [0.25, 0.3) is 5.91 Å². The number of aromatic nitrogens is 2. The first-order valence-electron chi connectivity index (χ1n) is 10.1. The Labute approximate surface area is 162 Å². The van der Waals surface area contributed by atoms with Crippen molar-refractivity contribution < 1.29 is 4.79 Å². The summed E-state index contributed by atoms with van der Waals surface area (Å²) in [6, 6.07) is 8.12. The Morgan fingerprint density at radius 2 is 1.78 bits per heavy atom. The zero-order valence-electron chi connectivity index (χ0n) is 17.1. The number of nitrogens with one attached hydrogen (secondary N) is 1. The molecule has 1 atom stereocenters. The number of hydrogen-bond acceptors (Lipinski definition) is 3. The summed E-state index contributed by atoms with van der Waals surface area (Å²) in [6.45, 7) is 9.38. The van der Waals surface area contributed by atoms with Crippen LogP contribution in [0.2, 0.25) is 0 Å². The normalized spacial score (nSPS) is 16.7. The van der Waals surface area contributed by atoms with Crippen molar-refractivity contribution in [3.05, 3.63) is 52.3 Å². The third-order valence-electron chi connectivity index (χ3n) is 5.81. The van der Waals surface area contributed by atoms with E-state index in [1.165, 1.54) is 44.3 Å². The van der Waals surface area contributed by atoms with Crippen molar-refractivity contribution in [2.45, 2.75) is 59.0 Å². The van der Waals surface area contributed by atoms with E-state index in [2.05, 4.69) is 34.2 Å². The maximum atomic E-state index is 12.9. The highest BCUT2D eigenvalue weighted by molar-refractivity contribution is 5.94. The van der Waals surface area contributed by atoms with Crippen LogP contribution in [0.4, 0.5) is 0 Å². The van der Waals surface area contributed by atoms with E-state index in [1.807, 2.05) is 33.0 Å². The smallest absolute Gasteiger partial charge is 0.254 e. The molecule has 1 aromatic heterocycles. The third-order valence-corrected chi connectivity index (χ3v) is 5.81. The van der Waals surface area contributed by atoms with E-state index in [9.17, 15) is 4.79 Å². The summed E-state index contributed by atoms with van der Waals surface area (Å²) in [7, 11) is 1.87. The molecular weight excluding hydrogens is 336 g/mol. The average molecular weight is 369 g/mol. The summed E-state index contributed by atoms with van der Waals surface area (Å²) in [5.74, 6) is 0.0452. The van der Waals surface area contributed by atoms with E-state index in [4.69, 9.17) is 0 Å². The number of rotatable bonds is 5. The molecule has 0 aliphatic carbocycles. The molecule has 0 bridgehead atoms. The van der Waals surface area contributed by atoms with Crippen LogP contribution in [-0.4, -0.2) is 46.0 Å². The van der Waals surface area contributed by atoms with Gasteiger partial charge in [0.1, 0.15) is 0 Å². The van der Waals surface area contributed by atoms with Crippen molar-refractivity contribution in [2.24, 2.45) is 0 Å². The lowest BCUT2D eigenvalue weighted by Crippen LogP contribution is -2.30. The van der Waals surface area contributed by atoms with Gasteiger partial charge in [0.15, 0.2) is 0 Å². The van der Waals surface area contributed by atoms with Crippen LogP contribution in [0.5, 0.6) is 0 Å². The van der Waals surface area contributed by atoms with Gasteiger partial charge in [0.05, 0.1) is 11.7 Å².